The van der Waals surface area contributed by atoms with Gasteiger partial charge in [0.1, 0.15) is 5.82 Å². The Kier molecular flexibility index (Phi) is 4.01. The SMILES string of the molecule is NNC(c1cccnc1)c1cc(F)ccc1C(F)(F)F. The highest BCUT2D eigenvalue weighted by Crippen LogP contribution is 2.36. The Bertz CT molecular complexity index is 584. The number of halogens is 4. The van der Waals surface area contributed by atoms with Crippen molar-refractivity contribution in [1.29, 1.82) is 0 Å². The summed E-state index contributed by atoms with van der Waals surface area (Å²) >= 11 is 0. The quantitative estimate of drug-likeness (QED) is 0.518. The van der Waals surface area contributed by atoms with Gasteiger partial charge in [-0.2, -0.15) is 13.2 Å². The first-order valence-electron chi connectivity index (χ1n) is 5.66. The van der Waals surface area contributed by atoms with Gasteiger partial charge in [-0.3, -0.25) is 10.8 Å². The third-order valence-electron chi connectivity index (χ3n) is 2.81. The number of hydrazine groups is 1. The molecule has 0 fully saturated rings. The van der Waals surface area contributed by atoms with E-state index in [0.29, 0.717) is 11.6 Å². The summed E-state index contributed by atoms with van der Waals surface area (Å²) in [5.41, 5.74) is 1.45. The molecule has 1 unspecified atom stereocenters. The lowest BCUT2D eigenvalue weighted by Crippen LogP contribution is -2.30. The maximum Gasteiger partial charge on any atom is 0.416 e. The van der Waals surface area contributed by atoms with Crippen LogP contribution in [0.1, 0.15) is 22.7 Å². The van der Waals surface area contributed by atoms with Gasteiger partial charge in [-0.25, -0.2) is 9.82 Å². The molecule has 0 aliphatic rings. The van der Waals surface area contributed by atoms with E-state index >= 15 is 0 Å². The van der Waals surface area contributed by atoms with Crippen LogP contribution in [-0.2, 0) is 6.18 Å². The molecule has 0 spiro atoms. The highest BCUT2D eigenvalue weighted by atomic mass is 19.4. The molecule has 0 saturated carbocycles. The first-order valence-corrected chi connectivity index (χ1v) is 5.66. The van der Waals surface area contributed by atoms with Gasteiger partial charge in [0.2, 0.25) is 0 Å². The van der Waals surface area contributed by atoms with Crippen LogP contribution >= 0.6 is 0 Å². The number of hydrogen-bond donors (Lipinski definition) is 2. The van der Waals surface area contributed by atoms with E-state index in [2.05, 4.69) is 10.4 Å². The van der Waals surface area contributed by atoms with Crippen LogP contribution in [0.2, 0.25) is 0 Å². The fourth-order valence-electron chi connectivity index (χ4n) is 1.94. The second kappa shape index (κ2) is 5.56. The van der Waals surface area contributed by atoms with Crippen molar-refractivity contribution in [2.24, 2.45) is 5.84 Å². The smallest absolute Gasteiger partial charge is 0.271 e. The molecule has 0 aliphatic carbocycles. The van der Waals surface area contributed by atoms with Crippen molar-refractivity contribution in [3.05, 3.63) is 65.2 Å². The predicted molar refractivity (Wildman–Crippen MR) is 64.8 cm³/mol. The minimum absolute atomic E-state index is 0.284. The Morgan fingerprint density at radius 1 is 1.20 bits per heavy atom. The zero-order valence-electron chi connectivity index (χ0n) is 10.2. The number of nitrogens with zero attached hydrogens (tertiary/aromatic N) is 1. The van der Waals surface area contributed by atoms with Crippen molar-refractivity contribution >= 4 is 0 Å². The van der Waals surface area contributed by atoms with Gasteiger partial charge < -0.3 is 0 Å². The molecular formula is C13H11F4N3. The standard InChI is InChI=1S/C13H11F4N3/c14-9-3-4-11(13(15,16)17)10(6-9)12(20-18)8-2-1-5-19-7-8/h1-7,12,20H,18H2. The van der Waals surface area contributed by atoms with Crippen molar-refractivity contribution in [1.82, 2.24) is 10.4 Å². The van der Waals surface area contributed by atoms with Crippen LogP contribution in [0.25, 0.3) is 0 Å². The Labute approximate surface area is 112 Å². The summed E-state index contributed by atoms with van der Waals surface area (Å²) in [6.07, 6.45) is -1.75. The Morgan fingerprint density at radius 2 is 1.95 bits per heavy atom. The van der Waals surface area contributed by atoms with E-state index in [0.717, 1.165) is 12.1 Å². The molecule has 106 valence electrons. The largest absolute Gasteiger partial charge is 0.416 e. The summed E-state index contributed by atoms with van der Waals surface area (Å²) in [4.78, 5) is 3.82. The molecule has 0 amide bonds. The third-order valence-corrected chi connectivity index (χ3v) is 2.81. The number of rotatable bonds is 3. The molecule has 3 nitrogen and oxygen atoms in total. The summed E-state index contributed by atoms with van der Waals surface area (Å²) < 4.78 is 52.3. The molecule has 3 N–H and O–H groups in total. The van der Waals surface area contributed by atoms with Crippen LogP contribution in [-0.4, -0.2) is 4.98 Å². The molecule has 20 heavy (non-hydrogen) atoms. The lowest BCUT2D eigenvalue weighted by Gasteiger charge is -2.21. The summed E-state index contributed by atoms with van der Waals surface area (Å²) in [6, 6.07) is 4.40. The molecule has 2 aromatic rings. The summed E-state index contributed by atoms with van der Waals surface area (Å²) in [5.74, 6) is 4.56. The fourth-order valence-corrected chi connectivity index (χ4v) is 1.94. The average Bonchev–Trinajstić information content (AvgIpc) is 2.39. The maximum atomic E-state index is 13.3. The first kappa shape index (κ1) is 14.4. The van der Waals surface area contributed by atoms with Gasteiger partial charge in [0, 0.05) is 12.4 Å². The van der Waals surface area contributed by atoms with Gasteiger partial charge in [-0.1, -0.05) is 6.07 Å². The first-order chi connectivity index (χ1) is 9.43. The van der Waals surface area contributed by atoms with Gasteiger partial charge >= 0.3 is 6.18 Å². The van der Waals surface area contributed by atoms with Crippen molar-refractivity contribution in [2.45, 2.75) is 12.2 Å². The molecule has 0 saturated heterocycles. The van der Waals surface area contributed by atoms with Crippen LogP contribution in [0.4, 0.5) is 17.6 Å². The Balaban J connectivity index is 2.57. The number of pyridine rings is 1. The molecule has 1 aromatic heterocycles. The molecule has 2 rings (SSSR count). The molecule has 1 atom stereocenters. The predicted octanol–water partition coefficient (Wildman–Crippen LogP) is 2.79. The Morgan fingerprint density at radius 3 is 2.50 bits per heavy atom. The molecule has 0 bridgehead atoms. The van der Waals surface area contributed by atoms with Crippen LogP contribution in [0.15, 0.2) is 42.7 Å². The Hall–Kier alpha value is -1.99. The minimum atomic E-state index is -4.60. The number of alkyl halides is 3. The molecule has 0 aliphatic heterocycles. The van der Waals surface area contributed by atoms with E-state index in [4.69, 9.17) is 5.84 Å². The van der Waals surface area contributed by atoms with Crippen LogP contribution < -0.4 is 11.3 Å². The van der Waals surface area contributed by atoms with Crippen LogP contribution in [0.5, 0.6) is 0 Å². The molecular weight excluding hydrogens is 274 g/mol. The van der Waals surface area contributed by atoms with Crippen LogP contribution in [0, 0.1) is 5.82 Å². The van der Waals surface area contributed by atoms with Crippen molar-refractivity contribution < 1.29 is 17.6 Å². The zero-order chi connectivity index (χ0) is 14.8. The van der Waals surface area contributed by atoms with Gasteiger partial charge in [-0.05, 0) is 35.4 Å². The van der Waals surface area contributed by atoms with Gasteiger partial charge in [0.05, 0.1) is 11.6 Å². The monoisotopic (exact) mass is 285 g/mol. The summed E-state index contributed by atoms with van der Waals surface area (Å²) in [6.45, 7) is 0. The third kappa shape index (κ3) is 2.94. The number of benzene rings is 1. The number of hydrogen-bond acceptors (Lipinski definition) is 3. The highest BCUT2D eigenvalue weighted by molar-refractivity contribution is 5.38. The number of nitrogens with two attached hydrogens (primary N) is 1. The molecule has 0 radical (unpaired) electrons. The fraction of sp³-hybridized carbons (Fsp3) is 0.154. The minimum Gasteiger partial charge on any atom is -0.271 e. The van der Waals surface area contributed by atoms with E-state index in [1.54, 1.807) is 12.1 Å². The van der Waals surface area contributed by atoms with Crippen molar-refractivity contribution in [3.8, 4) is 0 Å². The van der Waals surface area contributed by atoms with E-state index in [9.17, 15) is 17.6 Å². The molecule has 1 aromatic carbocycles. The lowest BCUT2D eigenvalue weighted by atomic mass is 9.95. The van der Waals surface area contributed by atoms with E-state index in [1.165, 1.54) is 12.4 Å². The van der Waals surface area contributed by atoms with E-state index in [-0.39, 0.29) is 5.56 Å². The van der Waals surface area contributed by atoms with Crippen LogP contribution in [0.3, 0.4) is 0 Å². The highest BCUT2D eigenvalue weighted by Gasteiger charge is 2.35. The zero-order valence-corrected chi connectivity index (χ0v) is 10.2. The van der Waals surface area contributed by atoms with E-state index < -0.39 is 23.6 Å². The summed E-state index contributed by atoms with van der Waals surface area (Å²) in [5, 5.41) is 0. The van der Waals surface area contributed by atoms with Gasteiger partial charge in [-0.15, -0.1) is 0 Å². The normalized spacial score (nSPS) is 13.2. The lowest BCUT2D eigenvalue weighted by molar-refractivity contribution is -0.138. The van der Waals surface area contributed by atoms with Gasteiger partial charge in [0.25, 0.3) is 0 Å². The molecule has 7 heteroatoms. The van der Waals surface area contributed by atoms with Gasteiger partial charge in [0.15, 0.2) is 0 Å². The maximum absolute atomic E-state index is 13.3. The van der Waals surface area contributed by atoms with Crippen molar-refractivity contribution in [2.75, 3.05) is 0 Å². The topological polar surface area (TPSA) is 50.9 Å². The summed E-state index contributed by atoms with van der Waals surface area (Å²) in [7, 11) is 0. The molecule has 1 heterocycles. The second-order valence-electron chi connectivity index (χ2n) is 4.12. The van der Waals surface area contributed by atoms with Crippen molar-refractivity contribution in [3.63, 3.8) is 0 Å². The number of nitrogens with one attached hydrogen (secondary N) is 1. The average molecular weight is 285 g/mol. The number of aromatic nitrogens is 1. The second-order valence-corrected chi connectivity index (χ2v) is 4.12. The van der Waals surface area contributed by atoms with E-state index in [1.807, 2.05) is 0 Å².